The van der Waals surface area contributed by atoms with Crippen molar-refractivity contribution in [2.45, 2.75) is 39.0 Å². The van der Waals surface area contributed by atoms with Gasteiger partial charge in [0.05, 0.1) is 19.3 Å². The average Bonchev–Trinajstić information content (AvgIpc) is 3.02. The molecule has 1 saturated heterocycles. The molecule has 1 fully saturated rings. The highest BCUT2D eigenvalue weighted by Gasteiger charge is 2.28. The van der Waals surface area contributed by atoms with Crippen LogP contribution in [0.4, 0.5) is 4.79 Å². The minimum atomic E-state index is -0.00998. The first-order valence-corrected chi connectivity index (χ1v) is 8.16. The molecule has 2 heterocycles. The number of hydrogen-bond donors (Lipinski definition) is 1. The van der Waals surface area contributed by atoms with Crippen LogP contribution in [0.5, 0.6) is 0 Å². The second-order valence-corrected chi connectivity index (χ2v) is 6.12. The fraction of sp³-hybridized carbons (Fsp3) is 0.688. The molecule has 23 heavy (non-hydrogen) atoms. The van der Waals surface area contributed by atoms with Gasteiger partial charge < -0.3 is 15.0 Å². The summed E-state index contributed by atoms with van der Waals surface area (Å²) in [6.07, 6.45) is 4.67. The summed E-state index contributed by atoms with van der Waals surface area (Å²) in [7, 11) is 2.05. The van der Waals surface area contributed by atoms with Crippen LogP contribution in [-0.2, 0) is 11.3 Å². The van der Waals surface area contributed by atoms with Crippen molar-refractivity contribution in [1.29, 1.82) is 0 Å². The van der Waals surface area contributed by atoms with Crippen LogP contribution >= 0.6 is 0 Å². The first-order valence-electron chi connectivity index (χ1n) is 8.16. The molecule has 0 aliphatic carbocycles. The van der Waals surface area contributed by atoms with Crippen LogP contribution in [-0.4, -0.2) is 71.2 Å². The van der Waals surface area contributed by atoms with Gasteiger partial charge in [0, 0.05) is 38.1 Å². The van der Waals surface area contributed by atoms with Gasteiger partial charge in [-0.1, -0.05) is 0 Å². The number of rotatable bonds is 7. The largest absolute Gasteiger partial charge is 0.377 e. The summed E-state index contributed by atoms with van der Waals surface area (Å²) in [5.74, 6) is 0.809. The van der Waals surface area contributed by atoms with Crippen molar-refractivity contribution >= 4 is 6.03 Å². The smallest absolute Gasteiger partial charge is 0.317 e. The molecule has 1 N–H and O–H groups in total. The lowest BCUT2D eigenvalue weighted by Gasteiger charge is -2.24. The Kier molecular flexibility index (Phi) is 6.73. The Bertz CT molecular complexity index is 483. The Balaban J connectivity index is 1.71. The molecular weight excluding hydrogens is 294 g/mol. The number of nitrogens with one attached hydrogen (secondary N) is 1. The summed E-state index contributed by atoms with van der Waals surface area (Å²) in [5, 5.41) is 2.91. The number of likely N-dealkylation sites (tertiary alicyclic amines) is 1. The lowest BCUT2D eigenvalue weighted by molar-refractivity contribution is 0.0808. The van der Waals surface area contributed by atoms with Gasteiger partial charge in [0.1, 0.15) is 5.82 Å². The molecule has 2 rings (SSSR count). The van der Waals surface area contributed by atoms with E-state index in [1.54, 1.807) is 12.4 Å². The van der Waals surface area contributed by atoms with E-state index in [4.69, 9.17) is 4.74 Å². The zero-order valence-electron chi connectivity index (χ0n) is 14.2. The predicted molar refractivity (Wildman–Crippen MR) is 88.0 cm³/mol. The number of carbonyl (C=O) groups is 1. The summed E-state index contributed by atoms with van der Waals surface area (Å²) < 4.78 is 5.43. The molecule has 0 radical (unpaired) electrons. The van der Waals surface area contributed by atoms with Gasteiger partial charge in [-0.05, 0) is 33.4 Å². The fourth-order valence-corrected chi connectivity index (χ4v) is 2.61. The number of hydrogen-bond acceptors (Lipinski definition) is 5. The molecule has 1 atom stereocenters. The van der Waals surface area contributed by atoms with Gasteiger partial charge in [-0.3, -0.25) is 4.90 Å². The lowest BCUT2D eigenvalue weighted by atomic mass is 10.2. The highest BCUT2D eigenvalue weighted by molar-refractivity contribution is 5.74. The van der Waals surface area contributed by atoms with Crippen LogP contribution < -0.4 is 5.32 Å². The number of urea groups is 1. The van der Waals surface area contributed by atoms with Crippen molar-refractivity contribution in [1.82, 2.24) is 25.1 Å². The minimum Gasteiger partial charge on any atom is -0.377 e. The SMILES string of the molecule is CC(C)OCCNC(=O)N1CCC(N(C)Cc2ncccn2)C1. The summed E-state index contributed by atoms with van der Waals surface area (Å²) >= 11 is 0. The second-order valence-electron chi connectivity index (χ2n) is 6.12. The number of likely N-dealkylation sites (N-methyl/N-ethyl adjacent to an activating group) is 1. The maximum Gasteiger partial charge on any atom is 0.317 e. The van der Waals surface area contributed by atoms with E-state index in [-0.39, 0.29) is 12.1 Å². The van der Waals surface area contributed by atoms with Gasteiger partial charge in [-0.2, -0.15) is 0 Å². The monoisotopic (exact) mass is 321 g/mol. The van der Waals surface area contributed by atoms with E-state index in [1.165, 1.54) is 0 Å². The molecule has 0 spiro atoms. The van der Waals surface area contributed by atoms with Gasteiger partial charge >= 0.3 is 6.03 Å². The van der Waals surface area contributed by atoms with Crippen LogP contribution in [0.3, 0.4) is 0 Å². The topological polar surface area (TPSA) is 70.6 Å². The van der Waals surface area contributed by atoms with Crippen LogP contribution in [0.15, 0.2) is 18.5 Å². The molecule has 128 valence electrons. The molecule has 7 heteroatoms. The zero-order chi connectivity index (χ0) is 16.7. The molecular formula is C16H27N5O2. The van der Waals surface area contributed by atoms with E-state index < -0.39 is 0 Å². The Hall–Kier alpha value is -1.73. The van der Waals surface area contributed by atoms with Crippen molar-refractivity contribution in [2.75, 3.05) is 33.3 Å². The molecule has 2 amide bonds. The first-order chi connectivity index (χ1) is 11.1. The van der Waals surface area contributed by atoms with E-state index in [0.29, 0.717) is 25.7 Å². The minimum absolute atomic E-state index is 0.00998. The van der Waals surface area contributed by atoms with Crippen molar-refractivity contribution in [2.24, 2.45) is 0 Å². The fourth-order valence-electron chi connectivity index (χ4n) is 2.61. The first kappa shape index (κ1) is 17.6. The summed E-state index contributed by atoms with van der Waals surface area (Å²) in [6.45, 7) is 7.28. The highest BCUT2D eigenvalue weighted by atomic mass is 16.5. The van der Waals surface area contributed by atoms with Crippen molar-refractivity contribution in [3.05, 3.63) is 24.3 Å². The Morgan fingerprint density at radius 3 is 2.91 bits per heavy atom. The molecule has 1 aromatic heterocycles. The van der Waals surface area contributed by atoms with Crippen LogP contribution in [0.2, 0.25) is 0 Å². The average molecular weight is 321 g/mol. The van der Waals surface area contributed by atoms with Crippen LogP contribution in [0.25, 0.3) is 0 Å². The van der Waals surface area contributed by atoms with E-state index in [0.717, 1.165) is 25.3 Å². The standard InChI is InChI=1S/C16H27N5O2/c1-13(2)23-10-8-19-16(22)21-9-5-14(11-21)20(3)12-15-17-6-4-7-18-15/h4,6-7,13-14H,5,8-12H2,1-3H3,(H,19,22). The second kappa shape index (κ2) is 8.79. The Morgan fingerprint density at radius 2 is 2.22 bits per heavy atom. The molecule has 1 aliphatic heterocycles. The molecule has 7 nitrogen and oxygen atoms in total. The molecule has 0 saturated carbocycles. The van der Waals surface area contributed by atoms with Crippen LogP contribution in [0.1, 0.15) is 26.1 Å². The van der Waals surface area contributed by atoms with E-state index >= 15 is 0 Å². The third kappa shape index (κ3) is 5.76. The van der Waals surface area contributed by atoms with E-state index in [1.807, 2.05) is 24.8 Å². The molecule has 1 aliphatic rings. The third-order valence-corrected chi connectivity index (χ3v) is 3.91. The number of carbonyl (C=O) groups excluding carboxylic acids is 1. The Morgan fingerprint density at radius 1 is 1.48 bits per heavy atom. The quantitative estimate of drug-likeness (QED) is 0.762. The maximum atomic E-state index is 12.1. The zero-order valence-corrected chi connectivity index (χ0v) is 14.2. The lowest BCUT2D eigenvalue weighted by Crippen LogP contribution is -2.42. The van der Waals surface area contributed by atoms with Gasteiger partial charge in [0.25, 0.3) is 0 Å². The summed E-state index contributed by atoms with van der Waals surface area (Å²) in [4.78, 5) is 24.7. The van der Waals surface area contributed by atoms with Gasteiger partial charge in [0.15, 0.2) is 0 Å². The molecule has 1 unspecified atom stereocenters. The van der Waals surface area contributed by atoms with E-state index in [2.05, 4.69) is 27.2 Å². The van der Waals surface area contributed by atoms with Gasteiger partial charge in [0.2, 0.25) is 0 Å². The highest BCUT2D eigenvalue weighted by Crippen LogP contribution is 2.15. The Labute approximate surface area is 138 Å². The van der Waals surface area contributed by atoms with Crippen molar-refractivity contribution in [3.63, 3.8) is 0 Å². The number of aromatic nitrogens is 2. The predicted octanol–water partition coefficient (Wildman–Crippen LogP) is 1.12. The van der Waals surface area contributed by atoms with Gasteiger partial charge in [-0.25, -0.2) is 14.8 Å². The molecule has 0 aromatic carbocycles. The molecule has 0 bridgehead atoms. The molecule has 1 aromatic rings. The van der Waals surface area contributed by atoms with Crippen molar-refractivity contribution in [3.8, 4) is 0 Å². The van der Waals surface area contributed by atoms with Crippen molar-refractivity contribution < 1.29 is 9.53 Å². The van der Waals surface area contributed by atoms with E-state index in [9.17, 15) is 4.79 Å². The summed E-state index contributed by atoms with van der Waals surface area (Å²) in [6, 6.07) is 2.15. The summed E-state index contributed by atoms with van der Waals surface area (Å²) in [5.41, 5.74) is 0. The number of nitrogens with zero attached hydrogens (tertiary/aromatic N) is 4. The van der Waals surface area contributed by atoms with Gasteiger partial charge in [-0.15, -0.1) is 0 Å². The van der Waals surface area contributed by atoms with Crippen LogP contribution in [0, 0.1) is 0 Å². The number of ether oxygens (including phenoxy) is 1. The number of amides is 2. The maximum absolute atomic E-state index is 12.1. The third-order valence-electron chi connectivity index (χ3n) is 3.91. The normalized spacial score (nSPS) is 18.0.